The van der Waals surface area contributed by atoms with Gasteiger partial charge in [0.1, 0.15) is 5.82 Å². The van der Waals surface area contributed by atoms with E-state index in [1.165, 1.54) is 18.4 Å². The summed E-state index contributed by atoms with van der Waals surface area (Å²) in [5.41, 5.74) is 1.18. The molecule has 1 aromatic heterocycles. The number of hydrogen-bond acceptors (Lipinski definition) is 3. The zero-order valence-electron chi connectivity index (χ0n) is 13.3. The highest BCUT2D eigenvalue weighted by atomic mass is 15.2. The number of aromatic nitrogens is 1. The lowest BCUT2D eigenvalue weighted by Crippen LogP contribution is -2.42. The summed E-state index contributed by atoms with van der Waals surface area (Å²) >= 11 is 0. The van der Waals surface area contributed by atoms with Crippen LogP contribution in [0.5, 0.6) is 0 Å². The largest absolute Gasteiger partial charge is 0.357 e. The second-order valence-electron chi connectivity index (χ2n) is 5.93. The average Bonchev–Trinajstić information content (AvgIpc) is 3.25. The van der Waals surface area contributed by atoms with Gasteiger partial charge in [-0.3, -0.25) is 4.99 Å². The van der Waals surface area contributed by atoms with Gasteiger partial charge in [0, 0.05) is 38.9 Å². The average molecular weight is 299 g/mol. The fraction of sp³-hybridized carbons (Fsp3) is 0.529. The Labute approximate surface area is 132 Å². The summed E-state index contributed by atoms with van der Waals surface area (Å²) in [4.78, 5) is 11.2. The lowest BCUT2D eigenvalue weighted by atomic mass is 10.2. The summed E-state index contributed by atoms with van der Waals surface area (Å²) in [6, 6.07) is 4.75. The molecule has 5 nitrogen and oxygen atoms in total. The van der Waals surface area contributed by atoms with E-state index in [1.54, 1.807) is 0 Å². The lowest BCUT2D eigenvalue weighted by molar-refractivity contribution is 0.633. The molecule has 22 heavy (non-hydrogen) atoms. The van der Waals surface area contributed by atoms with Gasteiger partial charge in [0.15, 0.2) is 5.96 Å². The summed E-state index contributed by atoms with van der Waals surface area (Å²) in [6.07, 6.45) is 11.1. The molecule has 1 aromatic rings. The van der Waals surface area contributed by atoms with Gasteiger partial charge in [-0.15, -0.1) is 0 Å². The fourth-order valence-corrected chi connectivity index (χ4v) is 2.96. The summed E-state index contributed by atoms with van der Waals surface area (Å²) in [7, 11) is 1.81. The second kappa shape index (κ2) is 7.29. The molecule has 118 valence electrons. The van der Waals surface area contributed by atoms with Gasteiger partial charge in [-0.1, -0.05) is 18.2 Å². The van der Waals surface area contributed by atoms with Crippen LogP contribution >= 0.6 is 0 Å². The first-order valence-electron chi connectivity index (χ1n) is 8.17. The molecule has 2 aliphatic rings. The molecule has 3 rings (SSSR count). The number of guanidine groups is 1. The number of pyridine rings is 1. The van der Waals surface area contributed by atoms with Crippen molar-refractivity contribution in [3.8, 4) is 0 Å². The van der Waals surface area contributed by atoms with E-state index in [1.807, 2.05) is 13.2 Å². The molecule has 0 spiro atoms. The normalized spacial score (nSPS) is 19.0. The Morgan fingerprint density at radius 1 is 1.27 bits per heavy atom. The first-order valence-corrected chi connectivity index (χ1v) is 8.17. The minimum atomic E-state index is 0.474. The van der Waals surface area contributed by atoms with Crippen molar-refractivity contribution in [2.75, 3.05) is 25.0 Å². The van der Waals surface area contributed by atoms with Crippen molar-refractivity contribution in [2.45, 2.75) is 38.3 Å². The number of rotatable bonds is 4. The van der Waals surface area contributed by atoms with Gasteiger partial charge in [-0.25, -0.2) is 4.98 Å². The summed E-state index contributed by atoms with van der Waals surface area (Å²) in [5, 5.41) is 6.80. The molecule has 0 bridgehead atoms. The zero-order valence-corrected chi connectivity index (χ0v) is 13.3. The monoisotopic (exact) mass is 299 g/mol. The number of aliphatic imine (C=N–C) groups is 1. The van der Waals surface area contributed by atoms with Crippen molar-refractivity contribution in [1.82, 2.24) is 15.6 Å². The molecule has 0 unspecified atom stereocenters. The molecular formula is C17H25N5. The van der Waals surface area contributed by atoms with Crippen LogP contribution in [-0.4, -0.2) is 37.1 Å². The Kier molecular flexibility index (Phi) is 4.93. The number of nitrogens with zero attached hydrogens (tertiary/aromatic N) is 3. The molecule has 0 atom stereocenters. The molecule has 1 saturated heterocycles. The molecule has 0 saturated carbocycles. The smallest absolute Gasteiger partial charge is 0.191 e. The standard InChI is InChI=1S/C17H25N5/c1-18-17(21-15-6-2-3-7-15)20-13-14-8-9-16(19-12-14)22-10-4-5-11-22/h2-3,8-9,12,15H,4-7,10-11,13H2,1H3,(H2,18,20,21). The van der Waals surface area contributed by atoms with E-state index < -0.39 is 0 Å². The van der Waals surface area contributed by atoms with Gasteiger partial charge in [-0.05, 0) is 37.3 Å². The molecule has 5 heteroatoms. The first kappa shape index (κ1) is 14.9. The molecule has 1 aliphatic carbocycles. The predicted molar refractivity (Wildman–Crippen MR) is 91.2 cm³/mol. The molecule has 0 amide bonds. The maximum atomic E-state index is 4.58. The Morgan fingerprint density at radius 3 is 2.68 bits per heavy atom. The SMILES string of the molecule is CN=C(NCc1ccc(N2CCCC2)nc1)NC1CC=CC1. The van der Waals surface area contributed by atoms with Crippen molar-refractivity contribution in [3.05, 3.63) is 36.0 Å². The van der Waals surface area contributed by atoms with E-state index in [0.717, 1.165) is 44.3 Å². The minimum Gasteiger partial charge on any atom is -0.357 e. The highest BCUT2D eigenvalue weighted by Gasteiger charge is 2.13. The minimum absolute atomic E-state index is 0.474. The van der Waals surface area contributed by atoms with Crippen molar-refractivity contribution in [1.29, 1.82) is 0 Å². The number of nitrogens with one attached hydrogen (secondary N) is 2. The van der Waals surface area contributed by atoms with Crippen molar-refractivity contribution >= 4 is 11.8 Å². The second-order valence-corrected chi connectivity index (χ2v) is 5.93. The van der Waals surface area contributed by atoms with Crippen molar-refractivity contribution in [3.63, 3.8) is 0 Å². The number of anilines is 1. The van der Waals surface area contributed by atoms with Gasteiger partial charge < -0.3 is 15.5 Å². The van der Waals surface area contributed by atoms with E-state index in [-0.39, 0.29) is 0 Å². The quantitative estimate of drug-likeness (QED) is 0.508. The van der Waals surface area contributed by atoms with Crippen LogP contribution in [0.25, 0.3) is 0 Å². The van der Waals surface area contributed by atoms with Crippen LogP contribution in [0.3, 0.4) is 0 Å². The van der Waals surface area contributed by atoms with Crippen LogP contribution in [0.15, 0.2) is 35.5 Å². The van der Waals surface area contributed by atoms with Crippen LogP contribution in [0.4, 0.5) is 5.82 Å². The Bertz CT molecular complexity index is 520. The zero-order chi connectivity index (χ0) is 15.2. The van der Waals surface area contributed by atoms with Gasteiger partial charge in [0.2, 0.25) is 0 Å². The number of hydrogen-bond donors (Lipinski definition) is 2. The van der Waals surface area contributed by atoms with Gasteiger partial charge in [0.05, 0.1) is 0 Å². The Balaban J connectivity index is 1.49. The molecule has 0 aromatic carbocycles. The third kappa shape index (κ3) is 3.78. The fourth-order valence-electron chi connectivity index (χ4n) is 2.96. The molecule has 1 fully saturated rings. The van der Waals surface area contributed by atoms with Crippen LogP contribution in [0.2, 0.25) is 0 Å². The van der Waals surface area contributed by atoms with Gasteiger partial charge in [-0.2, -0.15) is 0 Å². The van der Waals surface area contributed by atoms with E-state index in [0.29, 0.717) is 6.04 Å². The maximum Gasteiger partial charge on any atom is 0.191 e. The Morgan fingerprint density at radius 2 is 2.05 bits per heavy atom. The van der Waals surface area contributed by atoms with Gasteiger partial charge in [0.25, 0.3) is 0 Å². The van der Waals surface area contributed by atoms with Crippen LogP contribution in [0, 0.1) is 0 Å². The molecule has 1 aliphatic heterocycles. The molecule has 0 radical (unpaired) electrons. The third-order valence-electron chi connectivity index (χ3n) is 4.27. The van der Waals surface area contributed by atoms with E-state index >= 15 is 0 Å². The Hall–Kier alpha value is -2.04. The molecular weight excluding hydrogens is 274 g/mol. The third-order valence-corrected chi connectivity index (χ3v) is 4.27. The van der Waals surface area contributed by atoms with Crippen molar-refractivity contribution in [2.24, 2.45) is 4.99 Å². The summed E-state index contributed by atoms with van der Waals surface area (Å²) in [6.45, 7) is 3.01. The highest BCUT2D eigenvalue weighted by molar-refractivity contribution is 5.80. The molecule has 2 N–H and O–H groups in total. The van der Waals surface area contributed by atoms with Crippen LogP contribution < -0.4 is 15.5 Å². The van der Waals surface area contributed by atoms with Crippen LogP contribution in [-0.2, 0) is 6.54 Å². The first-order chi connectivity index (χ1) is 10.8. The maximum absolute atomic E-state index is 4.58. The lowest BCUT2D eigenvalue weighted by Gasteiger charge is -2.18. The van der Waals surface area contributed by atoms with E-state index in [9.17, 15) is 0 Å². The molecule has 2 heterocycles. The van der Waals surface area contributed by atoms with E-state index in [4.69, 9.17) is 0 Å². The summed E-state index contributed by atoms with van der Waals surface area (Å²) in [5.74, 6) is 1.96. The van der Waals surface area contributed by atoms with Crippen LogP contribution in [0.1, 0.15) is 31.2 Å². The van der Waals surface area contributed by atoms with Crippen molar-refractivity contribution < 1.29 is 0 Å². The summed E-state index contributed by atoms with van der Waals surface area (Å²) < 4.78 is 0. The highest BCUT2D eigenvalue weighted by Crippen LogP contribution is 2.17. The predicted octanol–water partition coefficient (Wildman–Crippen LogP) is 2.07. The topological polar surface area (TPSA) is 52.6 Å². The van der Waals surface area contributed by atoms with Gasteiger partial charge >= 0.3 is 0 Å². The van der Waals surface area contributed by atoms with E-state index in [2.05, 4.69) is 49.8 Å².